The Balaban J connectivity index is 0.981. The number of para-hydroxylation sites is 1. The zero-order valence-electron chi connectivity index (χ0n) is 37.5. The third-order valence-electron chi connectivity index (χ3n) is 14.2. The molecule has 320 valence electrons. The van der Waals surface area contributed by atoms with Gasteiger partial charge in [-0.2, -0.15) is 0 Å². The zero-order chi connectivity index (χ0) is 44.3. The highest BCUT2D eigenvalue weighted by atomic mass is 16.3. The van der Waals surface area contributed by atoms with Crippen molar-refractivity contribution in [2.24, 2.45) is 17.8 Å². The quantitative estimate of drug-likeness (QED) is 0.153. The molecule has 11 aromatic rings. The molecule has 66 heavy (non-hydrogen) atoms. The molecule has 0 N–H and O–H groups in total. The Kier molecular flexibility index (Phi) is 9.93. The summed E-state index contributed by atoms with van der Waals surface area (Å²) < 4.78 is 8.96. The fourth-order valence-corrected chi connectivity index (χ4v) is 10.9. The van der Waals surface area contributed by atoms with Gasteiger partial charge < -0.3 is 8.98 Å². The Morgan fingerprint density at radius 1 is 0.485 bits per heavy atom. The lowest BCUT2D eigenvalue weighted by Crippen LogP contribution is -2.26. The number of fused-ring (bicyclic) bond motifs is 6. The lowest BCUT2D eigenvalue weighted by Gasteiger charge is -2.37. The van der Waals surface area contributed by atoms with Crippen molar-refractivity contribution in [3.05, 3.63) is 194 Å². The fraction of sp³-hybridized carbons (Fsp3) is 0.164. The summed E-state index contributed by atoms with van der Waals surface area (Å²) in [5, 5.41) is 4.44. The molecule has 3 aromatic heterocycles. The maximum Gasteiger partial charge on any atom is 0.164 e. The molecule has 0 saturated heterocycles. The third-order valence-corrected chi connectivity index (χ3v) is 14.2. The van der Waals surface area contributed by atoms with Gasteiger partial charge in [-0.1, -0.05) is 161 Å². The smallest absolute Gasteiger partial charge is 0.164 e. The second-order valence-electron chi connectivity index (χ2n) is 18.7. The van der Waals surface area contributed by atoms with Gasteiger partial charge in [0.2, 0.25) is 0 Å². The Bertz CT molecular complexity index is 3500. The normalized spacial score (nSPS) is 16.5. The molecule has 1 saturated carbocycles. The number of hydrogen-bond acceptors (Lipinski definition) is 4. The molecule has 3 heterocycles. The van der Waals surface area contributed by atoms with Crippen molar-refractivity contribution < 1.29 is 4.42 Å². The van der Waals surface area contributed by atoms with E-state index < -0.39 is 0 Å². The van der Waals surface area contributed by atoms with Gasteiger partial charge in [-0.15, -0.1) is 0 Å². The summed E-state index contributed by atoms with van der Waals surface area (Å²) in [4.78, 5) is 15.2. The zero-order valence-corrected chi connectivity index (χ0v) is 37.5. The van der Waals surface area contributed by atoms with Crippen molar-refractivity contribution in [1.29, 1.82) is 0 Å². The van der Waals surface area contributed by atoms with E-state index in [0.29, 0.717) is 29.3 Å². The highest BCUT2D eigenvalue weighted by Gasteiger charge is 2.31. The molecule has 5 nitrogen and oxygen atoms in total. The first kappa shape index (κ1) is 39.9. The number of rotatable bonds is 8. The van der Waals surface area contributed by atoms with Crippen LogP contribution in [-0.4, -0.2) is 19.5 Å². The van der Waals surface area contributed by atoms with Crippen LogP contribution in [0.2, 0.25) is 0 Å². The van der Waals surface area contributed by atoms with Crippen LogP contribution < -0.4 is 0 Å². The summed E-state index contributed by atoms with van der Waals surface area (Å²) in [7, 11) is 0. The van der Waals surface area contributed by atoms with E-state index >= 15 is 0 Å². The molecular weight excluding hydrogens is 805 g/mol. The lowest BCUT2D eigenvalue weighted by atomic mass is 9.67. The van der Waals surface area contributed by atoms with Crippen molar-refractivity contribution in [1.82, 2.24) is 19.5 Å². The Hall–Kier alpha value is -7.63. The first-order chi connectivity index (χ1) is 32.4. The lowest BCUT2D eigenvalue weighted by molar-refractivity contribution is 0.197. The Morgan fingerprint density at radius 2 is 1.03 bits per heavy atom. The van der Waals surface area contributed by atoms with Crippen LogP contribution in [0.25, 0.3) is 106 Å². The van der Waals surface area contributed by atoms with Gasteiger partial charge in [0.15, 0.2) is 17.5 Å². The fourth-order valence-electron chi connectivity index (χ4n) is 10.9. The van der Waals surface area contributed by atoms with Gasteiger partial charge >= 0.3 is 0 Å². The minimum atomic E-state index is 0.602. The van der Waals surface area contributed by atoms with Crippen LogP contribution in [0.5, 0.6) is 0 Å². The average Bonchev–Trinajstić information content (AvgIpc) is 3.92. The predicted molar refractivity (Wildman–Crippen MR) is 273 cm³/mol. The van der Waals surface area contributed by atoms with Gasteiger partial charge in [0.1, 0.15) is 11.2 Å². The Labute approximate surface area is 385 Å². The minimum Gasteiger partial charge on any atom is -0.456 e. The van der Waals surface area contributed by atoms with Gasteiger partial charge in [0.25, 0.3) is 0 Å². The van der Waals surface area contributed by atoms with Gasteiger partial charge in [-0.3, -0.25) is 0 Å². The molecule has 0 aliphatic heterocycles. The molecule has 1 unspecified atom stereocenters. The third kappa shape index (κ3) is 7.07. The SMILES string of the molecule is CC(C)[C@H]1CC[C@H](C)CC1c1ccc(-c2ccc3c(c2)c2cc(-c4ccc5oc6cccc(-c7nc(-c8ccccc8)nc(-c8ccccc8)n7)c6c5c4)ccc2n3-c2ccccc2)cc1. The van der Waals surface area contributed by atoms with E-state index in [1.165, 1.54) is 57.8 Å². The number of benzene rings is 8. The van der Waals surface area contributed by atoms with Crippen LogP contribution in [0.15, 0.2) is 192 Å². The second kappa shape index (κ2) is 16.4. The molecule has 0 bridgehead atoms. The molecule has 0 spiro atoms. The van der Waals surface area contributed by atoms with Gasteiger partial charge in [-0.05, 0) is 119 Å². The summed E-state index contributed by atoms with van der Waals surface area (Å²) in [6.07, 6.45) is 3.96. The second-order valence-corrected chi connectivity index (χ2v) is 18.7. The van der Waals surface area contributed by atoms with Gasteiger partial charge in [-0.25, -0.2) is 15.0 Å². The van der Waals surface area contributed by atoms with Gasteiger partial charge in [0.05, 0.1) is 11.0 Å². The van der Waals surface area contributed by atoms with Crippen molar-refractivity contribution in [3.8, 4) is 62.1 Å². The van der Waals surface area contributed by atoms with Crippen LogP contribution in [0, 0.1) is 17.8 Å². The van der Waals surface area contributed by atoms with Crippen molar-refractivity contribution in [2.75, 3.05) is 0 Å². The van der Waals surface area contributed by atoms with Crippen molar-refractivity contribution in [2.45, 2.75) is 46.0 Å². The molecular formula is C61H50N4O. The molecule has 1 fully saturated rings. The summed E-state index contributed by atoms with van der Waals surface area (Å²) >= 11 is 0. The number of furan rings is 1. The van der Waals surface area contributed by atoms with E-state index in [0.717, 1.165) is 67.3 Å². The largest absolute Gasteiger partial charge is 0.456 e. The maximum atomic E-state index is 6.56. The summed E-state index contributed by atoms with van der Waals surface area (Å²) in [6.45, 7) is 7.24. The van der Waals surface area contributed by atoms with E-state index in [9.17, 15) is 0 Å². The summed E-state index contributed by atoms with van der Waals surface area (Å²) in [6, 6.07) is 67.1. The average molecular weight is 855 g/mol. The minimum absolute atomic E-state index is 0.602. The molecule has 1 aliphatic carbocycles. The molecule has 8 aromatic carbocycles. The number of aromatic nitrogens is 4. The van der Waals surface area contributed by atoms with E-state index in [4.69, 9.17) is 19.4 Å². The van der Waals surface area contributed by atoms with Crippen LogP contribution in [0.1, 0.15) is 51.5 Å². The van der Waals surface area contributed by atoms with Crippen molar-refractivity contribution >= 4 is 43.7 Å². The molecule has 3 atom stereocenters. The highest BCUT2D eigenvalue weighted by Crippen LogP contribution is 2.45. The van der Waals surface area contributed by atoms with Crippen LogP contribution in [0.4, 0.5) is 0 Å². The summed E-state index contributed by atoms with van der Waals surface area (Å²) in [5.74, 6) is 4.70. The number of nitrogens with zero attached hydrogens (tertiary/aromatic N) is 4. The first-order valence-corrected chi connectivity index (χ1v) is 23.5. The maximum absolute atomic E-state index is 6.56. The van der Waals surface area contributed by atoms with Crippen LogP contribution >= 0.6 is 0 Å². The van der Waals surface area contributed by atoms with E-state index in [1.54, 1.807) is 0 Å². The number of hydrogen-bond donors (Lipinski definition) is 0. The molecule has 0 amide bonds. The molecule has 12 rings (SSSR count). The topological polar surface area (TPSA) is 56.7 Å². The molecule has 0 radical (unpaired) electrons. The first-order valence-electron chi connectivity index (χ1n) is 23.5. The Morgan fingerprint density at radius 3 is 1.65 bits per heavy atom. The highest BCUT2D eigenvalue weighted by molar-refractivity contribution is 6.14. The molecule has 5 heteroatoms. The summed E-state index contributed by atoms with van der Waals surface area (Å²) in [5.41, 5.74) is 14.1. The van der Waals surface area contributed by atoms with Gasteiger partial charge in [0, 0.05) is 43.9 Å². The van der Waals surface area contributed by atoms with Crippen LogP contribution in [-0.2, 0) is 0 Å². The standard InChI is InChI=1S/C61H50N4O/c1-38(2)48-30-22-39(3)34-50(48)41-25-23-40(24-26-41)44-27-31-54-51(35-44)52-36-45(28-32-55(52)65(54)47-18-11-6-12-19-47)46-29-33-56-53(37-46)58-49(20-13-21-57(58)66-56)61-63-59(42-14-7-4-8-15-42)62-60(64-61)43-16-9-5-10-17-43/h4-21,23-29,31-33,35-39,48,50H,22,30,34H2,1-3H3/t39-,48+,50?/m0/s1. The monoisotopic (exact) mass is 854 g/mol. The van der Waals surface area contributed by atoms with E-state index in [1.807, 2.05) is 72.8 Å². The predicted octanol–water partition coefficient (Wildman–Crippen LogP) is 16.4. The van der Waals surface area contributed by atoms with Crippen LogP contribution in [0.3, 0.4) is 0 Å². The van der Waals surface area contributed by atoms with E-state index in [-0.39, 0.29) is 0 Å². The molecule has 1 aliphatic rings. The van der Waals surface area contributed by atoms with E-state index in [2.05, 4.69) is 141 Å². The van der Waals surface area contributed by atoms with Crippen molar-refractivity contribution in [3.63, 3.8) is 0 Å².